The minimum absolute atomic E-state index is 0.109. The summed E-state index contributed by atoms with van der Waals surface area (Å²) in [6.45, 7) is -0.160. The zero-order chi connectivity index (χ0) is 21.7. The van der Waals surface area contributed by atoms with E-state index in [1.165, 1.54) is 36.3 Å². The molecule has 0 radical (unpaired) electrons. The molecule has 0 atom stereocenters. The van der Waals surface area contributed by atoms with Gasteiger partial charge in [0.25, 0.3) is 0 Å². The molecule has 2 aromatic carbocycles. The molecule has 9 heteroatoms. The van der Waals surface area contributed by atoms with Crippen molar-refractivity contribution in [1.82, 2.24) is 9.88 Å². The van der Waals surface area contributed by atoms with Gasteiger partial charge in [0, 0.05) is 36.2 Å². The molecular formula is C21H18Cl2FN3O3. The molecule has 0 aliphatic heterocycles. The molecule has 1 aromatic heterocycles. The lowest BCUT2D eigenvalue weighted by atomic mass is 10.2. The van der Waals surface area contributed by atoms with E-state index in [9.17, 15) is 14.0 Å². The Balaban J connectivity index is 1.51. The Morgan fingerprint density at radius 1 is 1.20 bits per heavy atom. The predicted octanol–water partition coefficient (Wildman–Crippen LogP) is 4.82. The maximum atomic E-state index is 13.2. The minimum Gasteiger partial charge on any atom is -0.441 e. The van der Waals surface area contributed by atoms with E-state index >= 15 is 0 Å². The Bertz CT molecular complexity index is 1070. The summed E-state index contributed by atoms with van der Waals surface area (Å²) in [5.41, 5.74) is 0.978. The van der Waals surface area contributed by atoms with E-state index in [1.807, 2.05) is 0 Å². The Morgan fingerprint density at radius 3 is 2.73 bits per heavy atom. The normalized spacial score (nSPS) is 10.7. The maximum absolute atomic E-state index is 13.2. The van der Waals surface area contributed by atoms with Gasteiger partial charge in [-0.15, -0.1) is 0 Å². The number of anilines is 1. The minimum atomic E-state index is -0.456. The van der Waals surface area contributed by atoms with Crippen molar-refractivity contribution in [1.29, 1.82) is 0 Å². The van der Waals surface area contributed by atoms with Crippen LogP contribution in [0.4, 0.5) is 10.1 Å². The van der Waals surface area contributed by atoms with Gasteiger partial charge >= 0.3 is 0 Å². The number of nitrogens with one attached hydrogen (secondary N) is 1. The number of aromatic nitrogens is 1. The quantitative estimate of drug-likeness (QED) is 0.560. The van der Waals surface area contributed by atoms with Crippen LogP contribution in [-0.4, -0.2) is 35.3 Å². The molecular weight excluding hydrogens is 432 g/mol. The van der Waals surface area contributed by atoms with Crippen LogP contribution in [0.3, 0.4) is 0 Å². The van der Waals surface area contributed by atoms with Gasteiger partial charge in [-0.05, 0) is 36.4 Å². The summed E-state index contributed by atoms with van der Waals surface area (Å²) in [4.78, 5) is 29.8. The Morgan fingerprint density at radius 2 is 2.00 bits per heavy atom. The number of benzene rings is 2. The first-order chi connectivity index (χ1) is 14.3. The summed E-state index contributed by atoms with van der Waals surface area (Å²) < 4.78 is 18.8. The molecule has 156 valence electrons. The molecule has 0 saturated heterocycles. The zero-order valence-corrected chi connectivity index (χ0v) is 17.5. The van der Waals surface area contributed by atoms with Crippen molar-refractivity contribution in [3.63, 3.8) is 0 Å². The average molecular weight is 450 g/mol. The molecule has 0 aliphatic carbocycles. The second kappa shape index (κ2) is 9.73. The number of oxazole rings is 1. The van der Waals surface area contributed by atoms with E-state index in [0.717, 1.165) is 0 Å². The van der Waals surface area contributed by atoms with Gasteiger partial charge in [0.2, 0.25) is 11.8 Å². The van der Waals surface area contributed by atoms with E-state index in [0.29, 0.717) is 32.9 Å². The first-order valence-electron chi connectivity index (χ1n) is 9.01. The van der Waals surface area contributed by atoms with Crippen LogP contribution in [0, 0.1) is 5.82 Å². The van der Waals surface area contributed by atoms with E-state index in [4.69, 9.17) is 27.6 Å². The molecule has 1 N–H and O–H groups in total. The van der Waals surface area contributed by atoms with E-state index in [2.05, 4.69) is 10.3 Å². The fraction of sp³-hybridized carbons (Fsp3) is 0.190. The van der Waals surface area contributed by atoms with E-state index in [-0.39, 0.29) is 25.3 Å². The van der Waals surface area contributed by atoms with Crippen LogP contribution < -0.4 is 5.32 Å². The summed E-state index contributed by atoms with van der Waals surface area (Å²) in [6.07, 6.45) is 1.91. The highest BCUT2D eigenvalue weighted by atomic mass is 35.5. The number of aryl methyl sites for hydroxylation is 1. The van der Waals surface area contributed by atoms with Crippen LogP contribution in [0.15, 0.2) is 53.1 Å². The molecule has 0 aliphatic rings. The van der Waals surface area contributed by atoms with E-state index < -0.39 is 11.7 Å². The SMILES string of the molecule is CN(CC(=O)Nc1cccc(F)c1)C(=O)CCc1ncc(-c2ccc(Cl)cc2Cl)o1. The number of amides is 2. The van der Waals surface area contributed by atoms with Crippen LogP contribution in [0.1, 0.15) is 12.3 Å². The van der Waals surface area contributed by atoms with Crippen molar-refractivity contribution >= 4 is 40.7 Å². The predicted molar refractivity (Wildman–Crippen MR) is 113 cm³/mol. The van der Waals surface area contributed by atoms with Crippen LogP contribution in [-0.2, 0) is 16.0 Å². The number of rotatable bonds is 7. The van der Waals surface area contributed by atoms with Gasteiger partial charge in [0.05, 0.1) is 17.8 Å². The lowest BCUT2D eigenvalue weighted by Gasteiger charge is -2.16. The molecule has 3 rings (SSSR count). The van der Waals surface area contributed by atoms with Crippen LogP contribution in [0.5, 0.6) is 0 Å². The molecule has 30 heavy (non-hydrogen) atoms. The smallest absolute Gasteiger partial charge is 0.243 e. The van der Waals surface area contributed by atoms with Crippen molar-refractivity contribution in [2.75, 3.05) is 18.9 Å². The molecule has 0 spiro atoms. The first kappa shape index (κ1) is 21.8. The summed E-state index contributed by atoms with van der Waals surface area (Å²) in [6, 6.07) is 10.6. The number of hydrogen-bond acceptors (Lipinski definition) is 4. The number of carbonyl (C=O) groups is 2. The number of halogens is 3. The summed E-state index contributed by atoms with van der Waals surface area (Å²) in [7, 11) is 1.52. The topological polar surface area (TPSA) is 75.4 Å². The molecule has 1 heterocycles. The highest BCUT2D eigenvalue weighted by Crippen LogP contribution is 2.30. The third-order valence-corrected chi connectivity index (χ3v) is 4.77. The summed E-state index contributed by atoms with van der Waals surface area (Å²) in [5.74, 6) is -0.285. The Hall–Kier alpha value is -2.90. The average Bonchev–Trinajstić information content (AvgIpc) is 3.14. The molecule has 0 unspecified atom stereocenters. The molecule has 0 fully saturated rings. The molecule has 3 aromatic rings. The zero-order valence-electron chi connectivity index (χ0n) is 16.0. The number of hydrogen-bond donors (Lipinski definition) is 1. The first-order valence-corrected chi connectivity index (χ1v) is 9.77. The molecule has 2 amide bonds. The number of likely N-dealkylation sites (N-methyl/N-ethyl adjacent to an activating group) is 1. The highest BCUT2D eigenvalue weighted by Gasteiger charge is 2.16. The van der Waals surface area contributed by atoms with Crippen molar-refractivity contribution < 1.29 is 18.4 Å². The maximum Gasteiger partial charge on any atom is 0.243 e. The number of carbonyl (C=O) groups excluding carboxylic acids is 2. The largest absolute Gasteiger partial charge is 0.441 e. The Kier molecular flexibility index (Phi) is 7.07. The molecule has 6 nitrogen and oxygen atoms in total. The van der Waals surface area contributed by atoms with Crippen molar-refractivity contribution in [3.05, 3.63) is 70.4 Å². The fourth-order valence-electron chi connectivity index (χ4n) is 2.71. The highest BCUT2D eigenvalue weighted by molar-refractivity contribution is 6.36. The lowest BCUT2D eigenvalue weighted by molar-refractivity contribution is -0.133. The van der Waals surface area contributed by atoms with Gasteiger partial charge in [0.15, 0.2) is 11.7 Å². The van der Waals surface area contributed by atoms with Crippen molar-refractivity contribution in [2.45, 2.75) is 12.8 Å². The van der Waals surface area contributed by atoms with Gasteiger partial charge in [-0.2, -0.15) is 0 Å². The fourth-order valence-corrected chi connectivity index (χ4v) is 3.22. The van der Waals surface area contributed by atoms with Crippen LogP contribution in [0.2, 0.25) is 10.0 Å². The molecule has 0 saturated carbocycles. The third-order valence-electron chi connectivity index (χ3n) is 4.22. The number of nitrogens with zero attached hydrogens (tertiary/aromatic N) is 2. The monoisotopic (exact) mass is 449 g/mol. The lowest BCUT2D eigenvalue weighted by Crippen LogP contribution is -2.35. The van der Waals surface area contributed by atoms with Crippen molar-refractivity contribution in [3.8, 4) is 11.3 Å². The van der Waals surface area contributed by atoms with Gasteiger partial charge in [-0.25, -0.2) is 9.37 Å². The molecule has 0 bridgehead atoms. The van der Waals surface area contributed by atoms with Gasteiger partial charge in [-0.1, -0.05) is 29.3 Å². The van der Waals surface area contributed by atoms with E-state index in [1.54, 1.807) is 24.3 Å². The Labute approximate surface area is 182 Å². The summed E-state index contributed by atoms with van der Waals surface area (Å²) >= 11 is 12.1. The van der Waals surface area contributed by atoms with Crippen LogP contribution in [0.25, 0.3) is 11.3 Å². The standard InChI is InChI=1S/C21H18Cl2FN3O3/c1-27(12-19(28)26-15-4-2-3-14(24)10-15)21(29)8-7-20-25-11-18(30-20)16-6-5-13(22)9-17(16)23/h2-6,9-11H,7-8,12H2,1H3,(H,26,28). The summed E-state index contributed by atoms with van der Waals surface area (Å²) in [5, 5.41) is 3.50. The van der Waals surface area contributed by atoms with Crippen molar-refractivity contribution in [2.24, 2.45) is 0 Å². The second-order valence-electron chi connectivity index (χ2n) is 6.55. The van der Waals surface area contributed by atoms with Crippen LogP contribution >= 0.6 is 23.2 Å². The second-order valence-corrected chi connectivity index (χ2v) is 7.39. The third kappa shape index (κ3) is 5.81. The van der Waals surface area contributed by atoms with Gasteiger partial charge in [0.1, 0.15) is 5.82 Å². The van der Waals surface area contributed by atoms with Gasteiger partial charge < -0.3 is 14.6 Å². The van der Waals surface area contributed by atoms with Gasteiger partial charge in [-0.3, -0.25) is 9.59 Å².